The molecule has 1 aromatic carbocycles. The van der Waals surface area contributed by atoms with Gasteiger partial charge in [0.1, 0.15) is 0 Å². The Labute approximate surface area is 108 Å². The van der Waals surface area contributed by atoms with Crippen LogP contribution in [0.5, 0.6) is 0 Å². The molecule has 1 aromatic rings. The maximum Gasteiger partial charge on any atom is 1.00 e. The molecule has 0 amide bonds. The van der Waals surface area contributed by atoms with Gasteiger partial charge in [-0.2, -0.15) is 0 Å². The summed E-state index contributed by atoms with van der Waals surface area (Å²) in [6, 6.07) is 6.58. The van der Waals surface area contributed by atoms with Gasteiger partial charge in [-0.1, -0.05) is 26.0 Å². The molecular formula is C9H13NaO2S. The number of carboxylic acid groups (broad SMARTS) is 1. The van der Waals surface area contributed by atoms with Crippen molar-refractivity contribution in [2.24, 2.45) is 0 Å². The largest absolute Gasteiger partial charge is 1.00 e. The molecule has 0 unspecified atom stereocenters. The Morgan fingerprint density at radius 1 is 1.38 bits per heavy atom. The Morgan fingerprint density at radius 3 is 2.15 bits per heavy atom. The second-order valence-corrected chi connectivity index (χ2v) is 2.30. The van der Waals surface area contributed by atoms with E-state index in [1.54, 1.807) is 18.2 Å². The zero-order chi connectivity index (χ0) is 9.56. The summed E-state index contributed by atoms with van der Waals surface area (Å²) < 4.78 is 0. The van der Waals surface area contributed by atoms with E-state index in [4.69, 9.17) is 5.11 Å². The molecule has 0 saturated carbocycles. The van der Waals surface area contributed by atoms with E-state index >= 15 is 0 Å². The number of carbonyl (C=O) groups is 1. The maximum atomic E-state index is 10.4. The van der Waals surface area contributed by atoms with Crippen LogP contribution in [0, 0.1) is 0 Å². The van der Waals surface area contributed by atoms with Gasteiger partial charge in [0.05, 0.1) is 5.56 Å². The van der Waals surface area contributed by atoms with Crippen LogP contribution in [0.25, 0.3) is 0 Å². The fourth-order valence-corrected chi connectivity index (χ4v) is 0.911. The van der Waals surface area contributed by atoms with Crippen LogP contribution >= 0.6 is 12.6 Å². The first-order chi connectivity index (χ1) is 5.72. The van der Waals surface area contributed by atoms with E-state index in [0.717, 1.165) is 0 Å². The van der Waals surface area contributed by atoms with Gasteiger partial charge in [0.25, 0.3) is 0 Å². The Balaban J connectivity index is -0.000000284. The van der Waals surface area contributed by atoms with E-state index < -0.39 is 5.97 Å². The minimum Gasteiger partial charge on any atom is -1.00 e. The van der Waals surface area contributed by atoms with Crippen molar-refractivity contribution in [2.45, 2.75) is 18.7 Å². The molecule has 13 heavy (non-hydrogen) atoms. The summed E-state index contributed by atoms with van der Waals surface area (Å²) >= 11 is 3.96. The molecule has 0 spiro atoms. The third kappa shape index (κ3) is 5.37. The Morgan fingerprint density at radius 2 is 1.85 bits per heavy atom. The first-order valence-electron chi connectivity index (χ1n) is 3.73. The van der Waals surface area contributed by atoms with Crippen molar-refractivity contribution >= 4 is 18.6 Å². The number of hydrogen-bond acceptors (Lipinski definition) is 2. The second kappa shape index (κ2) is 8.63. The van der Waals surface area contributed by atoms with Crippen LogP contribution in [0.4, 0.5) is 0 Å². The van der Waals surface area contributed by atoms with Gasteiger partial charge in [-0.3, -0.25) is 0 Å². The van der Waals surface area contributed by atoms with Crippen LogP contribution in [0.2, 0.25) is 0 Å². The SMILES string of the molecule is CC.O=C(O)c1ccccc1S.[H-].[Na+]. The average molecular weight is 208 g/mol. The second-order valence-electron chi connectivity index (χ2n) is 1.82. The zero-order valence-electron chi connectivity index (χ0n) is 9.11. The number of thiol groups is 1. The number of aromatic carboxylic acids is 1. The fraction of sp³-hybridized carbons (Fsp3) is 0.222. The molecule has 1 N–H and O–H groups in total. The van der Waals surface area contributed by atoms with Crippen LogP contribution in [0.15, 0.2) is 29.2 Å². The average Bonchev–Trinajstić information content (AvgIpc) is 2.08. The molecule has 0 aromatic heterocycles. The summed E-state index contributed by atoms with van der Waals surface area (Å²) in [6.07, 6.45) is 0. The predicted molar refractivity (Wildman–Crippen MR) is 53.1 cm³/mol. The first-order valence-corrected chi connectivity index (χ1v) is 4.18. The van der Waals surface area contributed by atoms with Gasteiger partial charge >= 0.3 is 35.5 Å². The number of benzene rings is 1. The molecular weight excluding hydrogens is 195 g/mol. The van der Waals surface area contributed by atoms with Crippen LogP contribution in [0.1, 0.15) is 25.6 Å². The van der Waals surface area contributed by atoms with E-state index in [2.05, 4.69) is 12.6 Å². The van der Waals surface area contributed by atoms with Gasteiger partial charge in [0, 0.05) is 4.90 Å². The van der Waals surface area contributed by atoms with Gasteiger partial charge in [-0.15, -0.1) is 12.6 Å². The summed E-state index contributed by atoms with van der Waals surface area (Å²) in [6.45, 7) is 4.00. The summed E-state index contributed by atoms with van der Waals surface area (Å²) in [5.41, 5.74) is 0.242. The van der Waals surface area contributed by atoms with Gasteiger partial charge in [0.2, 0.25) is 0 Å². The van der Waals surface area contributed by atoms with Crippen molar-refractivity contribution in [1.82, 2.24) is 0 Å². The quantitative estimate of drug-likeness (QED) is 0.496. The summed E-state index contributed by atoms with van der Waals surface area (Å²) in [5, 5.41) is 8.52. The molecule has 0 atom stereocenters. The normalized spacial score (nSPS) is 7.62. The predicted octanol–water partition coefficient (Wildman–Crippen LogP) is -0.184. The van der Waals surface area contributed by atoms with E-state index in [1.807, 2.05) is 13.8 Å². The van der Waals surface area contributed by atoms with Crippen LogP contribution in [-0.2, 0) is 0 Å². The standard InChI is InChI=1S/C7H6O2S.C2H6.Na.H/c8-7(9)5-3-1-2-4-6(5)10;1-2;;/h1-4,10H,(H,8,9);1-2H3;;/q;;+1;-1. The molecule has 1 rings (SSSR count). The maximum absolute atomic E-state index is 10.4. The van der Waals surface area contributed by atoms with E-state index in [0.29, 0.717) is 4.90 Å². The fourth-order valence-electron chi connectivity index (χ4n) is 0.654. The molecule has 4 heteroatoms. The van der Waals surface area contributed by atoms with Crippen LogP contribution < -0.4 is 29.6 Å². The van der Waals surface area contributed by atoms with Crippen molar-refractivity contribution in [2.75, 3.05) is 0 Å². The third-order valence-electron chi connectivity index (χ3n) is 1.13. The summed E-state index contributed by atoms with van der Waals surface area (Å²) in [7, 11) is 0. The third-order valence-corrected chi connectivity index (χ3v) is 1.52. The van der Waals surface area contributed by atoms with Crippen molar-refractivity contribution in [1.29, 1.82) is 0 Å². The number of hydrogen-bond donors (Lipinski definition) is 2. The van der Waals surface area contributed by atoms with Crippen LogP contribution in [-0.4, -0.2) is 11.1 Å². The van der Waals surface area contributed by atoms with E-state index in [1.165, 1.54) is 6.07 Å². The zero-order valence-corrected chi connectivity index (χ0v) is 11.0. The van der Waals surface area contributed by atoms with Crippen LogP contribution in [0.3, 0.4) is 0 Å². The van der Waals surface area contributed by atoms with Crippen molar-refractivity contribution < 1.29 is 40.9 Å². The van der Waals surface area contributed by atoms with Gasteiger partial charge in [-0.25, -0.2) is 4.79 Å². The summed E-state index contributed by atoms with van der Waals surface area (Å²) in [4.78, 5) is 10.9. The molecule has 0 fully saturated rings. The molecule has 0 aliphatic rings. The van der Waals surface area contributed by atoms with Crippen molar-refractivity contribution in [3.05, 3.63) is 29.8 Å². The Kier molecular flexibility index (Phi) is 10.3. The number of carboxylic acids is 1. The van der Waals surface area contributed by atoms with Crippen molar-refractivity contribution in [3.8, 4) is 0 Å². The minimum absolute atomic E-state index is 0. The van der Waals surface area contributed by atoms with Gasteiger partial charge in [0.15, 0.2) is 0 Å². The van der Waals surface area contributed by atoms with Gasteiger partial charge < -0.3 is 6.53 Å². The van der Waals surface area contributed by atoms with E-state index in [-0.39, 0.29) is 36.5 Å². The van der Waals surface area contributed by atoms with E-state index in [9.17, 15) is 4.79 Å². The summed E-state index contributed by atoms with van der Waals surface area (Å²) in [5.74, 6) is -0.939. The Hall–Kier alpha value is 0.0400. The number of rotatable bonds is 1. The molecule has 0 aliphatic heterocycles. The Bertz CT molecular complexity index is 269. The van der Waals surface area contributed by atoms with Gasteiger partial charge in [-0.05, 0) is 12.1 Å². The monoisotopic (exact) mass is 208 g/mol. The topological polar surface area (TPSA) is 37.3 Å². The first kappa shape index (κ1) is 15.5. The molecule has 0 bridgehead atoms. The molecule has 2 nitrogen and oxygen atoms in total. The molecule has 0 heterocycles. The van der Waals surface area contributed by atoms with Crippen molar-refractivity contribution in [3.63, 3.8) is 0 Å². The molecule has 0 radical (unpaired) electrons. The molecule has 68 valence electrons. The molecule has 0 saturated heterocycles. The smallest absolute Gasteiger partial charge is 1.00 e. The molecule has 0 aliphatic carbocycles. The minimum atomic E-state index is -0.939.